The number of fused-ring (bicyclic) bond motifs is 1. The van der Waals surface area contributed by atoms with E-state index >= 15 is 0 Å². The normalized spacial score (nSPS) is 14.6. The molecule has 0 aliphatic carbocycles. The Hall–Kier alpha value is -3.61. The van der Waals surface area contributed by atoms with Crippen LogP contribution < -0.4 is 5.32 Å². The summed E-state index contributed by atoms with van der Waals surface area (Å²) in [6, 6.07) is 7.16. The molecule has 1 aliphatic rings. The Morgan fingerprint density at radius 3 is 2.90 bits per heavy atom. The molecule has 0 saturated heterocycles. The Kier molecular flexibility index (Phi) is 5.50. The summed E-state index contributed by atoms with van der Waals surface area (Å²) in [5.41, 5.74) is 5.05. The van der Waals surface area contributed by atoms with Crippen LogP contribution in [0.5, 0.6) is 0 Å². The van der Waals surface area contributed by atoms with E-state index in [0.29, 0.717) is 29.2 Å². The molecule has 0 amide bonds. The van der Waals surface area contributed by atoms with E-state index in [1.54, 1.807) is 24.4 Å². The van der Waals surface area contributed by atoms with E-state index in [2.05, 4.69) is 26.6 Å². The second kappa shape index (κ2) is 8.26. The maximum Gasteiger partial charge on any atom is 0.338 e. The van der Waals surface area contributed by atoms with E-state index in [1.807, 2.05) is 20.8 Å². The molecule has 1 aliphatic heterocycles. The lowest BCUT2D eigenvalue weighted by Crippen LogP contribution is -2.25. The molecular formula is C22H22N6O3. The summed E-state index contributed by atoms with van der Waals surface area (Å²) in [5.74, 6) is 0.210. The van der Waals surface area contributed by atoms with Crippen molar-refractivity contribution in [2.45, 2.75) is 39.5 Å². The minimum Gasteiger partial charge on any atom is -0.457 e. The zero-order valence-electron chi connectivity index (χ0n) is 17.5. The number of esters is 1. The van der Waals surface area contributed by atoms with E-state index in [-0.39, 0.29) is 18.6 Å². The van der Waals surface area contributed by atoms with E-state index in [9.17, 15) is 9.90 Å². The molecule has 0 radical (unpaired) electrons. The van der Waals surface area contributed by atoms with Crippen molar-refractivity contribution in [1.82, 2.24) is 25.3 Å². The van der Waals surface area contributed by atoms with E-state index in [4.69, 9.17) is 10.00 Å². The van der Waals surface area contributed by atoms with Crippen molar-refractivity contribution in [2.75, 3.05) is 6.54 Å². The van der Waals surface area contributed by atoms with E-state index < -0.39 is 6.10 Å². The molecule has 0 bridgehead atoms. The molecule has 2 N–H and O–H groups in total. The molecule has 1 unspecified atom stereocenters. The third-order valence-electron chi connectivity index (χ3n) is 5.56. The van der Waals surface area contributed by atoms with Crippen LogP contribution in [0, 0.1) is 25.2 Å². The number of aliphatic hydroxyl groups excluding tert-OH is 1. The number of carbonyl (C=O) groups is 1. The SMILES string of the molecule is Cc1cc(-n2ncc(C(C)NC[C@H](O)c3ccc4c(c3C)COC4=O)n2)ncc1C#N. The average molecular weight is 418 g/mol. The fraction of sp³-hybridized carbons (Fsp3) is 0.318. The summed E-state index contributed by atoms with van der Waals surface area (Å²) in [5, 5.41) is 31.7. The molecule has 0 saturated carbocycles. The first-order valence-electron chi connectivity index (χ1n) is 9.89. The Bertz CT molecular complexity index is 1200. The van der Waals surface area contributed by atoms with Crippen LogP contribution in [0.25, 0.3) is 5.82 Å². The number of hydrogen-bond acceptors (Lipinski definition) is 8. The number of rotatable bonds is 6. The second-order valence-corrected chi connectivity index (χ2v) is 7.56. The summed E-state index contributed by atoms with van der Waals surface area (Å²) in [7, 11) is 0. The van der Waals surface area contributed by atoms with Crippen LogP contribution in [0.1, 0.15) is 62.9 Å². The number of nitriles is 1. The van der Waals surface area contributed by atoms with Crippen molar-refractivity contribution in [3.05, 3.63) is 69.7 Å². The van der Waals surface area contributed by atoms with Crippen LogP contribution >= 0.6 is 0 Å². The monoisotopic (exact) mass is 418 g/mol. The molecule has 3 heterocycles. The molecule has 158 valence electrons. The zero-order valence-corrected chi connectivity index (χ0v) is 17.5. The summed E-state index contributed by atoms with van der Waals surface area (Å²) < 4.78 is 5.08. The number of nitrogens with zero attached hydrogens (tertiary/aromatic N) is 5. The maximum absolute atomic E-state index is 11.7. The number of benzene rings is 1. The highest BCUT2D eigenvalue weighted by Crippen LogP contribution is 2.29. The van der Waals surface area contributed by atoms with Crippen molar-refractivity contribution in [2.24, 2.45) is 0 Å². The lowest BCUT2D eigenvalue weighted by atomic mass is 9.95. The van der Waals surface area contributed by atoms with Gasteiger partial charge < -0.3 is 15.2 Å². The van der Waals surface area contributed by atoms with Crippen LogP contribution in [-0.2, 0) is 11.3 Å². The van der Waals surface area contributed by atoms with E-state index in [0.717, 1.165) is 22.3 Å². The molecule has 3 aromatic rings. The highest BCUT2D eigenvalue weighted by atomic mass is 16.5. The van der Waals surface area contributed by atoms with Crippen molar-refractivity contribution in [3.8, 4) is 11.9 Å². The molecule has 9 heteroatoms. The van der Waals surface area contributed by atoms with Crippen LogP contribution in [0.2, 0.25) is 0 Å². The maximum atomic E-state index is 11.7. The van der Waals surface area contributed by atoms with Gasteiger partial charge in [0, 0.05) is 18.3 Å². The summed E-state index contributed by atoms with van der Waals surface area (Å²) >= 11 is 0. The number of carbonyl (C=O) groups excluding carboxylic acids is 1. The highest BCUT2D eigenvalue weighted by Gasteiger charge is 2.25. The fourth-order valence-electron chi connectivity index (χ4n) is 3.58. The smallest absolute Gasteiger partial charge is 0.338 e. The number of ether oxygens (including phenoxy) is 1. The minimum atomic E-state index is -0.749. The van der Waals surface area contributed by atoms with Gasteiger partial charge in [-0.25, -0.2) is 9.78 Å². The molecule has 4 rings (SSSR count). The van der Waals surface area contributed by atoms with Gasteiger partial charge in [-0.3, -0.25) is 0 Å². The first kappa shape index (κ1) is 20.7. The number of cyclic esters (lactones) is 1. The average Bonchev–Trinajstić information content (AvgIpc) is 3.40. The topological polar surface area (TPSA) is 126 Å². The quantitative estimate of drug-likeness (QED) is 0.584. The number of aliphatic hydroxyl groups is 1. The predicted molar refractivity (Wildman–Crippen MR) is 110 cm³/mol. The van der Waals surface area contributed by atoms with E-state index in [1.165, 1.54) is 11.0 Å². The Balaban J connectivity index is 1.43. The standard InChI is InChI=1S/C22H22N6O3/c1-12-6-21(25-8-15(12)7-23)28-26-9-19(27-28)14(3)24-10-20(29)16-4-5-17-18(13(16)2)11-31-22(17)30/h4-6,8-9,14,20,24,29H,10-11H2,1-3H3/t14?,20-/m0/s1. The van der Waals surface area contributed by atoms with Gasteiger partial charge in [0.2, 0.25) is 0 Å². The molecule has 1 aromatic carbocycles. The largest absolute Gasteiger partial charge is 0.457 e. The Labute approximate surface area is 179 Å². The second-order valence-electron chi connectivity index (χ2n) is 7.56. The molecule has 0 fully saturated rings. The van der Waals surface area contributed by atoms with Crippen molar-refractivity contribution in [3.63, 3.8) is 0 Å². The van der Waals surface area contributed by atoms with Crippen LogP contribution in [0.4, 0.5) is 0 Å². The lowest BCUT2D eigenvalue weighted by molar-refractivity contribution is 0.0535. The van der Waals surface area contributed by atoms with Gasteiger partial charge in [-0.05, 0) is 49.6 Å². The molecular weight excluding hydrogens is 396 g/mol. The molecule has 2 aromatic heterocycles. The first-order chi connectivity index (χ1) is 14.9. The highest BCUT2D eigenvalue weighted by molar-refractivity contribution is 5.93. The summed E-state index contributed by atoms with van der Waals surface area (Å²) in [4.78, 5) is 17.3. The number of pyridine rings is 1. The molecule has 31 heavy (non-hydrogen) atoms. The lowest BCUT2D eigenvalue weighted by Gasteiger charge is -2.18. The fourth-order valence-corrected chi connectivity index (χ4v) is 3.58. The van der Waals surface area contributed by atoms with Gasteiger partial charge in [-0.2, -0.15) is 15.5 Å². The first-order valence-corrected chi connectivity index (χ1v) is 9.89. The van der Waals surface area contributed by atoms with Crippen LogP contribution in [0.3, 0.4) is 0 Å². The number of aromatic nitrogens is 4. The summed E-state index contributed by atoms with van der Waals surface area (Å²) in [6.07, 6.45) is 2.40. The van der Waals surface area contributed by atoms with Gasteiger partial charge in [-0.1, -0.05) is 6.07 Å². The van der Waals surface area contributed by atoms with Crippen molar-refractivity contribution >= 4 is 5.97 Å². The Morgan fingerprint density at radius 2 is 2.16 bits per heavy atom. The number of aryl methyl sites for hydroxylation is 1. The Morgan fingerprint density at radius 1 is 1.35 bits per heavy atom. The van der Waals surface area contributed by atoms with Crippen LogP contribution in [0.15, 0.2) is 30.6 Å². The molecule has 9 nitrogen and oxygen atoms in total. The third-order valence-corrected chi connectivity index (χ3v) is 5.56. The van der Waals surface area contributed by atoms with Crippen LogP contribution in [-0.4, -0.2) is 37.6 Å². The number of hydrogen-bond donors (Lipinski definition) is 2. The predicted octanol–water partition coefficient (Wildman–Crippen LogP) is 2.21. The third kappa shape index (κ3) is 3.91. The van der Waals surface area contributed by atoms with Crippen molar-refractivity contribution in [1.29, 1.82) is 5.26 Å². The summed E-state index contributed by atoms with van der Waals surface area (Å²) in [6.45, 7) is 6.21. The molecule has 2 atom stereocenters. The van der Waals surface area contributed by atoms with Gasteiger partial charge in [-0.15, -0.1) is 4.80 Å². The zero-order chi connectivity index (χ0) is 22.1. The number of nitrogens with one attached hydrogen (secondary N) is 1. The van der Waals surface area contributed by atoms with Gasteiger partial charge in [0.15, 0.2) is 5.82 Å². The van der Waals surface area contributed by atoms with Gasteiger partial charge in [0.25, 0.3) is 0 Å². The van der Waals surface area contributed by atoms with Gasteiger partial charge in [0.05, 0.1) is 35.2 Å². The molecule has 0 spiro atoms. The van der Waals surface area contributed by atoms with Crippen molar-refractivity contribution < 1.29 is 14.6 Å². The minimum absolute atomic E-state index is 0.164. The van der Waals surface area contributed by atoms with Gasteiger partial charge in [0.1, 0.15) is 12.7 Å². The van der Waals surface area contributed by atoms with Gasteiger partial charge >= 0.3 is 5.97 Å².